The number of carbonyl (C=O) groups excluding carboxylic acids is 1. The molecule has 3 aromatic carbocycles. The Balaban J connectivity index is 1.36. The molecule has 0 spiro atoms. The van der Waals surface area contributed by atoms with Crippen molar-refractivity contribution in [1.29, 1.82) is 0 Å². The molecule has 0 N–H and O–H groups in total. The minimum Gasteiger partial charge on any atom is -0.493 e. The van der Waals surface area contributed by atoms with E-state index in [4.69, 9.17) is 9.72 Å². The largest absolute Gasteiger partial charge is 0.493 e. The summed E-state index contributed by atoms with van der Waals surface area (Å²) < 4.78 is 8.39. The highest BCUT2D eigenvalue weighted by atomic mass is 16.5. The number of aryl methyl sites for hydroxylation is 5. The molecule has 0 saturated carbocycles. The minimum atomic E-state index is 0.0640. The van der Waals surface area contributed by atoms with Crippen LogP contribution in [0.4, 0.5) is 5.69 Å². The Hall–Kier alpha value is -3.60. The molecule has 0 bridgehead atoms. The molecule has 1 atom stereocenters. The van der Waals surface area contributed by atoms with E-state index < -0.39 is 0 Å². The van der Waals surface area contributed by atoms with Crippen molar-refractivity contribution in [3.05, 3.63) is 88.7 Å². The van der Waals surface area contributed by atoms with Crippen LogP contribution in [0.2, 0.25) is 0 Å². The van der Waals surface area contributed by atoms with Gasteiger partial charge in [-0.3, -0.25) is 4.79 Å². The fraction of sp³-hybridized carbons (Fsp3) is 0.333. The van der Waals surface area contributed by atoms with E-state index in [-0.39, 0.29) is 11.8 Å². The molecule has 5 heteroatoms. The Morgan fingerprint density at radius 3 is 2.49 bits per heavy atom. The number of fused-ring (bicyclic) bond motifs is 1. The van der Waals surface area contributed by atoms with Crippen molar-refractivity contribution in [3.8, 4) is 5.75 Å². The first-order valence-electron chi connectivity index (χ1n) is 12.4. The van der Waals surface area contributed by atoms with E-state index in [2.05, 4.69) is 80.8 Å². The first kappa shape index (κ1) is 23.2. The van der Waals surface area contributed by atoms with Crippen molar-refractivity contribution >= 4 is 22.6 Å². The number of aromatic nitrogens is 2. The molecule has 2 heterocycles. The molecule has 1 aliphatic rings. The van der Waals surface area contributed by atoms with Gasteiger partial charge < -0.3 is 14.2 Å². The van der Waals surface area contributed by atoms with Gasteiger partial charge in [0.15, 0.2) is 0 Å². The summed E-state index contributed by atoms with van der Waals surface area (Å²) >= 11 is 0. The van der Waals surface area contributed by atoms with Gasteiger partial charge in [0.2, 0.25) is 5.91 Å². The van der Waals surface area contributed by atoms with Crippen LogP contribution in [0.3, 0.4) is 0 Å². The molecule has 5 nitrogen and oxygen atoms in total. The molecular weight excluding hydrogens is 434 g/mol. The van der Waals surface area contributed by atoms with Crippen LogP contribution in [0.5, 0.6) is 5.75 Å². The smallest absolute Gasteiger partial charge is 0.227 e. The number of amides is 1. The normalized spacial score (nSPS) is 15.8. The lowest BCUT2D eigenvalue weighted by Gasteiger charge is -2.21. The van der Waals surface area contributed by atoms with Crippen molar-refractivity contribution in [2.75, 3.05) is 18.1 Å². The highest BCUT2D eigenvalue weighted by Gasteiger charge is 2.35. The lowest BCUT2D eigenvalue weighted by Crippen LogP contribution is -2.26. The summed E-state index contributed by atoms with van der Waals surface area (Å²) in [7, 11) is 0. The summed E-state index contributed by atoms with van der Waals surface area (Å²) in [6.45, 7) is 10.4. The van der Waals surface area contributed by atoms with Crippen LogP contribution >= 0.6 is 0 Å². The number of hydrogen-bond acceptors (Lipinski definition) is 3. The zero-order valence-corrected chi connectivity index (χ0v) is 21.0. The molecule has 1 saturated heterocycles. The van der Waals surface area contributed by atoms with Crippen molar-refractivity contribution in [2.24, 2.45) is 0 Å². The number of hydrogen-bond donors (Lipinski definition) is 0. The number of benzene rings is 3. The second kappa shape index (κ2) is 9.57. The van der Waals surface area contributed by atoms with E-state index in [1.165, 1.54) is 5.56 Å². The van der Waals surface area contributed by atoms with Gasteiger partial charge in [0.05, 0.1) is 17.6 Å². The van der Waals surface area contributed by atoms with E-state index in [1.807, 2.05) is 17.0 Å². The van der Waals surface area contributed by atoms with Crippen LogP contribution in [-0.4, -0.2) is 28.6 Å². The predicted molar refractivity (Wildman–Crippen MR) is 141 cm³/mol. The lowest BCUT2D eigenvalue weighted by atomic mass is 10.1. The van der Waals surface area contributed by atoms with Crippen LogP contribution in [-0.2, 0) is 11.3 Å². The second-order valence-electron chi connectivity index (χ2n) is 9.73. The predicted octanol–water partition coefficient (Wildman–Crippen LogP) is 6.26. The van der Waals surface area contributed by atoms with Gasteiger partial charge in [0, 0.05) is 31.1 Å². The first-order chi connectivity index (χ1) is 16.9. The van der Waals surface area contributed by atoms with Gasteiger partial charge in [0.25, 0.3) is 0 Å². The van der Waals surface area contributed by atoms with Gasteiger partial charge in [-0.1, -0.05) is 48.0 Å². The summed E-state index contributed by atoms with van der Waals surface area (Å²) in [5, 5.41) is 0. The molecule has 4 aromatic rings. The van der Waals surface area contributed by atoms with Gasteiger partial charge in [0.1, 0.15) is 11.6 Å². The van der Waals surface area contributed by atoms with Gasteiger partial charge >= 0.3 is 0 Å². The Morgan fingerprint density at radius 1 is 0.943 bits per heavy atom. The molecule has 180 valence electrons. The fourth-order valence-electron chi connectivity index (χ4n) is 5.33. The lowest BCUT2D eigenvalue weighted by molar-refractivity contribution is -0.117. The highest BCUT2D eigenvalue weighted by molar-refractivity contribution is 5.98. The SMILES string of the molecule is Cc1ccc(OCCCn2c(C3CC(=O)N(c4c(C)cccc4C)C3)nc3ccccc32)c(C)c1. The van der Waals surface area contributed by atoms with Crippen LogP contribution in [0.25, 0.3) is 11.0 Å². The third-order valence-corrected chi connectivity index (χ3v) is 7.00. The number of anilines is 1. The number of nitrogens with zero attached hydrogens (tertiary/aromatic N) is 3. The Kier molecular flexibility index (Phi) is 6.33. The quantitative estimate of drug-likeness (QED) is 0.301. The Labute approximate surface area is 207 Å². The molecule has 0 radical (unpaired) electrons. The third-order valence-electron chi connectivity index (χ3n) is 7.00. The van der Waals surface area contributed by atoms with Crippen LogP contribution in [0.15, 0.2) is 60.7 Å². The zero-order chi connectivity index (χ0) is 24.5. The number of para-hydroxylation sites is 3. The molecule has 1 aromatic heterocycles. The molecular formula is C30H33N3O2. The van der Waals surface area contributed by atoms with E-state index in [0.29, 0.717) is 19.6 Å². The van der Waals surface area contributed by atoms with Crippen molar-refractivity contribution in [1.82, 2.24) is 9.55 Å². The average molecular weight is 468 g/mol. The Morgan fingerprint density at radius 2 is 1.71 bits per heavy atom. The molecule has 1 aliphatic heterocycles. The highest BCUT2D eigenvalue weighted by Crippen LogP contribution is 2.36. The summed E-state index contributed by atoms with van der Waals surface area (Å²) in [5.41, 5.74) is 7.82. The molecule has 0 aliphatic carbocycles. The molecule has 1 amide bonds. The van der Waals surface area contributed by atoms with Gasteiger partial charge in [-0.15, -0.1) is 0 Å². The number of imidazole rings is 1. The zero-order valence-electron chi connectivity index (χ0n) is 21.0. The maximum Gasteiger partial charge on any atom is 0.227 e. The van der Waals surface area contributed by atoms with E-state index >= 15 is 0 Å². The van der Waals surface area contributed by atoms with Gasteiger partial charge in [-0.05, 0) is 69.0 Å². The van der Waals surface area contributed by atoms with Crippen molar-refractivity contribution < 1.29 is 9.53 Å². The number of rotatable bonds is 7. The first-order valence-corrected chi connectivity index (χ1v) is 12.4. The minimum absolute atomic E-state index is 0.0640. The van der Waals surface area contributed by atoms with Crippen molar-refractivity contribution in [3.63, 3.8) is 0 Å². The van der Waals surface area contributed by atoms with Gasteiger partial charge in [-0.25, -0.2) is 4.98 Å². The maximum absolute atomic E-state index is 13.1. The Bertz CT molecular complexity index is 1370. The fourth-order valence-corrected chi connectivity index (χ4v) is 5.33. The van der Waals surface area contributed by atoms with Crippen LogP contribution in [0, 0.1) is 27.7 Å². The summed E-state index contributed by atoms with van der Waals surface area (Å²) in [5.74, 6) is 2.18. The summed E-state index contributed by atoms with van der Waals surface area (Å²) in [6, 6.07) is 20.7. The third kappa shape index (κ3) is 4.55. The van der Waals surface area contributed by atoms with Crippen LogP contribution in [0.1, 0.15) is 46.8 Å². The number of carbonyl (C=O) groups is 1. The molecule has 1 unspecified atom stereocenters. The average Bonchev–Trinajstić information content (AvgIpc) is 3.38. The summed E-state index contributed by atoms with van der Waals surface area (Å²) in [6.07, 6.45) is 1.35. The summed E-state index contributed by atoms with van der Waals surface area (Å²) in [4.78, 5) is 20.1. The monoisotopic (exact) mass is 467 g/mol. The van der Waals surface area contributed by atoms with Crippen LogP contribution < -0.4 is 9.64 Å². The van der Waals surface area contributed by atoms with E-state index in [9.17, 15) is 4.79 Å². The standard InChI is InChI=1S/C30H33N3O2/c1-20-13-14-27(23(4)17-20)35-16-8-15-32-26-12-6-5-11-25(26)31-30(32)24-18-28(34)33(19-24)29-21(2)9-7-10-22(29)3/h5-7,9-14,17,24H,8,15-16,18-19H2,1-4H3. The van der Waals surface area contributed by atoms with Crippen molar-refractivity contribution in [2.45, 2.75) is 53.0 Å². The van der Waals surface area contributed by atoms with E-state index in [1.54, 1.807) is 0 Å². The topological polar surface area (TPSA) is 47.4 Å². The van der Waals surface area contributed by atoms with Gasteiger partial charge in [-0.2, -0.15) is 0 Å². The maximum atomic E-state index is 13.1. The van der Waals surface area contributed by atoms with E-state index in [0.717, 1.165) is 58.0 Å². The molecule has 1 fully saturated rings. The molecule has 5 rings (SSSR count). The number of ether oxygens (including phenoxy) is 1. The molecule has 35 heavy (non-hydrogen) atoms. The second-order valence-corrected chi connectivity index (χ2v) is 9.73.